The monoisotopic (exact) mass is 397 g/mol. The van der Waals surface area contributed by atoms with Gasteiger partial charge in [0.05, 0.1) is 10.4 Å². The molecule has 0 aliphatic rings. The third-order valence-electron chi connectivity index (χ3n) is 3.11. The molecule has 0 radical (unpaired) electrons. The van der Waals surface area contributed by atoms with Crippen LogP contribution in [-0.4, -0.2) is 0 Å². The Hall–Kier alpha value is -0.650. The molecule has 0 amide bonds. The van der Waals surface area contributed by atoms with Crippen LogP contribution in [0.2, 0.25) is 4.34 Å². The van der Waals surface area contributed by atoms with Crippen molar-refractivity contribution in [2.75, 3.05) is 0 Å². The summed E-state index contributed by atoms with van der Waals surface area (Å²) in [6.45, 7) is 0.817. The quantitative estimate of drug-likeness (QED) is 0.547. The van der Waals surface area contributed by atoms with Gasteiger partial charge < -0.3 is 5.32 Å². The Kier molecular flexibility index (Phi) is 5.14. The number of halogens is 2. The molecule has 0 fully saturated rings. The van der Waals surface area contributed by atoms with E-state index in [0.29, 0.717) is 0 Å². The Labute approximate surface area is 145 Å². The molecule has 1 atom stereocenters. The number of rotatable bonds is 5. The molecule has 0 saturated heterocycles. The second-order valence-corrected chi connectivity index (χ2v) is 8.24. The van der Waals surface area contributed by atoms with E-state index in [0.717, 1.165) is 15.4 Å². The van der Waals surface area contributed by atoms with Gasteiger partial charge in [-0.05, 0) is 41.3 Å². The molecule has 0 saturated carbocycles. The first kappa shape index (κ1) is 15.3. The van der Waals surface area contributed by atoms with Crippen molar-refractivity contribution in [2.45, 2.75) is 12.6 Å². The summed E-state index contributed by atoms with van der Waals surface area (Å²) in [6.07, 6.45) is 0. The zero-order valence-corrected chi connectivity index (χ0v) is 15.0. The van der Waals surface area contributed by atoms with Crippen LogP contribution in [0.1, 0.15) is 21.4 Å². The minimum atomic E-state index is 0.196. The highest BCUT2D eigenvalue weighted by Gasteiger charge is 2.16. The lowest BCUT2D eigenvalue weighted by Crippen LogP contribution is -2.20. The van der Waals surface area contributed by atoms with Crippen LogP contribution in [0.4, 0.5) is 0 Å². The van der Waals surface area contributed by atoms with Crippen molar-refractivity contribution < 1.29 is 0 Å². The highest BCUT2D eigenvalue weighted by atomic mass is 79.9. The van der Waals surface area contributed by atoms with E-state index in [4.69, 9.17) is 11.6 Å². The number of benzene rings is 1. The highest BCUT2D eigenvalue weighted by molar-refractivity contribution is 9.10. The van der Waals surface area contributed by atoms with E-state index >= 15 is 0 Å². The summed E-state index contributed by atoms with van der Waals surface area (Å²) in [5.74, 6) is 0. The van der Waals surface area contributed by atoms with E-state index < -0.39 is 0 Å². The van der Waals surface area contributed by atoms with Crippen LogP contribution in [0.25, 0.3) is 0 Å². The summed E-state index contributed by atoms with van der Waals surface area (Å²) in [5, 5.41) is 5.75. The predicted octanol–water partition coefficient (Wildman–Crippen LogP) is 6.10. The fourth-order valence-corrected chi connectivity index (χ4v) is 4.64. The van der Waals surface area contributed by atoms with Gasteiger partial charge in [-0.2, -0.15) is 0 Å². The molecular weight excluding hydrogens is 386 g/mol. The van der Waals surface area contributed by atoms with Gasteiger partial charge in [-0.1, -0.05) is 45.7 Å². The number of hydrogen-bond donors (Lipinski definition) is 1. The van der Waals surface area contributed by atoms with Crippen molar-refractivity contribution in [2.24, 2.45) is 0 Å². The summed E-state index contributed by atoms with van der Waals surface area (Å²) >= 11 is 13.0. The number of nitrogens with one attached hydrogen (secondary N) is 1. The molecule has 3 aromatic rings. The first-order chi connectivity index (χ1) is 10.2. The SMILES string of the molecule is Clc1ccc(C(NCc2cccc(Br)c2)c2cccs2)s1. The maximum absolute atomic E-state index is 6.09. The molecule has 0 spiro atoms. The average molecular weight is 399 g/mol. The third-order valence-corrected chi connectivity index (χ3v) is 5.83. The zero-order chi connectivity index (χ0) is 14.7. The van der Waals surface area contributed by atoms with E-state index in [1.807, 2.05) is 12.1 Å². The molecule has 1 N–H and O–H groups in total. The van der Waals surface area contributed by atoms with Crippen LogP contribution in [0.5, 0.6) is 0 Å². The first-order valence-corrected chi connectivity index (χ1v) is 9.35. The van der Waals surface area contributed by atoms with Gasteiger partial charge in [-0.3, -0.25) is 0 Å². The molecule has 3 rings (SSSR count). The fourth-order valence-electron chi connectivity index (χ4n) is 2.15. The zero-order valence-electron chi connectivity index (χ0n) is 11.1. The molecule has 0 aliphatic heterocycles. The molecule has 0 aliphatic carbocycles. The van der Waals surface area contributed by atoms with Crippen LogP contribution in [0, 0.1) is 0 Å². The summed E-state index contributed by atoms with van der Waals surface area (Å²) in [4.78, 5) is 2.56. The molecular formula is C16H13BrClNS2. The maximum Gasteiger partial charge on any atom is 0.0931 e. The van der Waals surface area contributed by atoms with Gasteiger partial charge >= 0.3 is 0 Å². The second-order valence-electron chi connectivity index (χ2n) is 4.60. The van der Waals surface area contributed by atoms with E-state index in [-0.39, 0.29) is 6.04 Å². The molecule has 2 aromatic heterocycles. The molecule has 5 heteroatoms. The van der Waals surface area contributed by atoms with Crippen LogP contribution in [0.15, 0.2) is 58.4 Å². The molecule has 0 bridgehead atoms. The van der Waals surface area contributed by atoms with Gasteiger partial charge in [0.15, 0.2) is 0 Å². The Morgan fingerprint density at radius 3 is 2.67 bits per heavy atom. The van der Waals surface area contributed by atoms with Crippen molar-refractivity contribution in [3.8, 4) is 0 Å². The van der Waals surface area contributed by atoms with Gasteiger partial charge in [-0.25, -0.2) is 0 Å². The van der Waals surface area contributed by atoms with E-state index in [1.165, 1.54) is 15.3 Å². The lowest BCUT2D eigenvalue weighted by atomic mass is 10.1. The predicted molar refractivity (Wildman–Crippen MR) is 96.5 cm³/mol. The largest absolute Gasteiger partial charge is 0.301 e. The van der Waals surface area contributed by atoms with Gasteiger partial charge in [0.1, 0.15) is 0 Å². The Balaban J connectivity index is 1.80. The molecule has 21 heavy (non-hydrogen) atoms. The van der Waals surface area contributed by atoms with Crippen LogP contribution in [-0.2, 0) is 6.54 Å². The highest BCUT2D eigenvalue weighted by Crippen LogP contribution is 2.33. The van der Waals surface area contributed by atoms with E-state index in [2.05, 4.69) is 63.0 Å². The molecule has 1 nitrogen and oxygen atoms in total. The van der Waals surface area contributed by atoms with Crippen LogP contribution >= 0.6 is 50.2 Å². The van der Waals surface area contributed by atoms with Crippen LogP contribution in [0.3, 0.4) is 0 Å². The third kappa shape index (κ3) is 3.96. The van der Waals surface area contributed by atoms with Crippen molar-refractivity contribution in [1.29, 1.82) is 0 Å². The van der Waals surface area contributed by atoms with E-state index in [9.17, 15) is 0 Å². The summed E-state index contributed by atoms with van der Waals surface area (Å²) < 4.78 is 1.93. The summed E-state index contributed by atoms with van der Waals surface area (Å²) in [6, 6.07) is 16.9. The van der Waals surface area contributed by atoms with Gasteiger partial charge in [-0.15, -0.1) is 22.7 Å². The summed E-state index contributed by atoms with van der Waals surface area (Å²) in [5.41, 5.74) is 1.26. The summed E-state index contributed by atoms with van der Waals surface area (Å²) in [7, 11) is 0. The van der Waals surface area contributed by atoms with Crippen molar-refractivity contribution in [3.63, 3.8) is 0 Å². The minimum absolute atomic E-state index is 0.196. The minimum Gasteiger partial charge on any atom is -0.301 e. The lowest BCUT2D eigenvalue weighted by molar-refractivity contribution is 0.621. The van der Waals surface area contributed by atoms with Crippen molar-refractivity contribution in [1.82, 2.24) is 5.32 Å². The van der Waals surface area contributed by atoms with Gasteiger partial charge in [0.25, 0.3) is 0 Å². The van der Waals surface area contributed by atoms with Crippen molar-refractivity contribution in [3.05, 3.63) is 78.0 Å². The smallest absolute Gasteiger partial charge is 0.0931 e. The Bertz CT molecular complexity index is 709. The topological polar surface area (TPSA) is 12.0 Å². The van der Waals surface area contributed by atoms with Crippen LogP contribution < -0.4 is 5.32 Å². The average Bonchev–Trinajstić information content (AvgIpc) is 3.12. The Morgan fingerprint density at radius 1 is 1.10 bits per heavy atom. The normalized spacial score (nSPS) is 12.5. The van der Waals surface area contributed by atoms with Crippen molar-refractivity contribution >= 4 is 50.2 Å². The molecule has 1 unspecified atom stereocenters. The lowest BCUT2D eigenvalue weighted by Gasteiger charge is -2.16. The molecule has 1 aromatic carbocycles. The second kappa shape index (κ2) is 7.07. The molecule has 108 valence electrons. The fraction of sp³-hybridized carbons (Fsp3) is 0.125. The van der Waals surface area contributed by atoms with Gasteiger partial charge in [0, 0.05) is 20.8 Å². The standard InChI is InChI=1S/C16H13BrClNS2/c17-12-4-1-3-11(9-12)10-19-16(13-5-2-8-20-13)14-6-7-15(18)21-14/h1-9,16,19H,10H2. The maximum atomic E-state index is 6.09. The number of hydrogen-bond acceptors (Lipinski definition) is 3. The molecule has 2 heterocycles. The number of thiophene rings is 2. The Morgan fingerprint density at radius 2 is 2.00 bits per heavy atom. The van der Waals surface area contributed by atoms with E-state index in [1.54, 1.807) is 22.7 Å². The first-order valence-electron chi connectivity index (χ1n) is 6.49. The van der Waals surface area contributed by atoms with Gasteiger partial charge in [0.2, 0.25) is 0 Å².